The SMILES string of the molecule is FC(F)=C1O[C@H](COCc2ccccc2)[C@H](OCc2ccccc2)[C@H](OCc2ccccc2)[C@H]1OCc1ccccc1. The van der Waals surface area contributed by atoms with Gasteiger partial charge in [-0.3, -0.25) is 0 Å². The zero-order valence-corrected chi connectivity index (χ0v) is 23.2. The van der Waals surface area contributed by atoms with Crippen molar-refractivity contribution in [3.05, 3.63) is 155 Å². The van der Waals surface area contributed by atoms with Crippen molar-refractivity contribution >= 4 is 0 Å². The van der Waals surface area contributed by atoms with Crippen molar-refractivity contribution in [3.63, 3.8) is 0 Å². The molecule has 4 aromatic rings. The molecule has 1 heterocycles. The molecule has 5 nitrogen and oxygen atoms in total. The van der Waals surface area contributed by atoms with Crippen LogP contribution in [-0.4, -0.2) is 31.0 Å². The van der Waals surface area contributed by atoms with Gasteiger partial charge in [-0.2, -0.15) is 8.78 Å². The van der Waals surface area contributed by atoms with Gasteiger partial charge < -0.3 is 23.7 Å². The summed E-state index contributed by atoms with van der Waals surface area (Å²) in [5.74, 6) is -0.558. The Labute approximate surface area is 245 Å². The summed E-state index contributed by atoms with van der Waals surface area (Å²) >= 11 is 0. The number of rotatable bonds is 13. The third-order valence-electron chi connectivity index (χ3n) is 6.95. The molecular formula is C35H34F2O5. The van der Waals surface area contributed by atoms with Crippen LogP contribution in [0.2, 0.25) is 0 Å². The third-order valence-corrected chi connectivity index (χ3v) is 6.95. The Bertz CT molecular complexity index is 1370. The molecule has 0 aliphatic carbocycles. The van der Waals surface area contributed by atoms with Crippen LogP contribution >= 0.6 is 0 Å². The quantitative estimate of drug-likeness (QED) is 0.166. The molecule has 4 aromatic carbocycles. The van der Waals surface area contributed by atoms with Gasteiger partial charge in [-0.05, 0) is 22.3 Å². The molecule has 7 heteroatoms. The average molecular weight is 573 g/mol. The summed E-state index contributed by atoms with van der Waals surface area (Å²) < 4.78 is 59.9. The lowest BCUT2D eigenvalue weighted by Gasteiger charge is -2.43. The summed E-state index contributed by atoms with van der Waals surface area (Å²) in [6, 6.07) is 38.3. The minimum atomic E-state index is -1.96. The fourth-order valence-electron chi connectivity index (χ4n) is 4.83. The van der Waals surface area contributed by atoms with E-state index in [0.717, 1.165) is 22.3 Å². The van der Waals surface area contributed by atoms with E-state index in [9.17, 15) is 8.78 Å². The van der Waals surface area contributed by atoms with E-state index in [-0.39, 0.29) is 26.4 Å². The highest BCUT2D eigenvalue weighted by Crippen LogP contribution is 2.35. The molecule has 0 saturated carbocycles. The van der Waals surface area contributed by atoms with Crippen LogP contribution in [0.15, 0.2) is 133 Å². The molecule has 4 atom stereocenters. The first kappa shape index (κ1) is 29.6. The highest BCUT2D eigenvalue weighted by molar-refractivity contribution is 5.18. The Hall–Kier alpha value is -3.88. The Balaban J connectivity index is 1.42. The second-order valence-electron chi connectivity index (χ2n) is 10.0. The van der Waals surface area contributed by atoms with E-state index in [4.69, 9.17) is 23.7 Å². The molecule has 5 rings (SSSR count). The van der Waals surface area contributed by atoms with Crippen LogP contribution in [0.4, 0.5) is 8.78 Å². The largest absolute Gasteiger partial charge is 0.481 e. The number of halogens is 2. The number of hydrogen-bond donors (Lipinski definition) is 0. The standard InChI is InChI=1S/C35H34F2O5/c36-35(37)34-33(41-24-29-19-11-4-12-20-29)32(40-23-28-17-9-3-10-18-28)31(39-22-27-15-7-2-8-16-27)30(42-34)25-38-21-26-13-5-1-6-14-26/h1-20,30-33H,21-25H2/t30-,31+,32+,33-/m1/s1. The zero-order chi connectivity index (χ0) is 29.0. The normalized spacial score (nSPS) is 20.2. The van der Waals surface area contributed by atoms with Crippen LogP contribution in [0.25, 0.3) is 0 Å². The van der Waals surface area contributed by atoms with Gasteiger partial charge >= 0.3 is 6.08 Å². The molecule has 1 fully saturated rings. The molecule has 0 bridgehead atoms. The molecule has 1 aliphatic heterocycles. The van der Waals surface area contributed by atoms with Crippen LogP contribution in [0.1, 0.15) is 22.3 Å². The average Bonchev–Trinajstić information content (AvgIpc) is 3.04. The zero-order valence-electron chi connectivity index (χ0n) is 23.2. The maximum atomic E-state index is 14.5. The molecule has 1 aliphatic rings. The number of ether oxygens (including phenoxy) is 5. The molecule has 0 N–H and O–H groups in total. The van der Waals surface area contributed by atoms with Gasteiger partial charge in [0.25, 0.3) is 0 Å². The van der Waals surface area contributed by atoms with Gasteiger partial charge in [0.2, 0.25) is 0 Å². The molecular weight excluding hydrogens is 538 g/mol. The smallest absolute Gasteiger partial charge is 0.310 e. The van der Waals surface area contributed by atoms with Crippen molar-refractivity contribution in [3.8, 4) is 0 Å². The van der Waals surface area contributed by atoms with Crippen LogP contribution in [0, 0.1) is 0 Å². The van der Waals surface area contributed by atoms with Crippen LogP contribution in [0.3, 0.4) is 0 Å². The summed E-state index contributed by atoms with van der Waals surface area (Å²) in [4.78, 5) is 0. The highest BCUT2D eigenvalue weighted by atomic mass is 19.3. The van der Waals surface area contributed by atoms with E-state index in [1.807, 2.05) is 121 Å². The lowest BCUT2D eigenvalue weighted by atomic mass is 9.97. The van der Waals surface area contributed by atoms with Crippen molar-refractivity contribution in [2.24, 2.45) is 0 Å². The Morgan fingerprint density at radius 1 is 0.524 bits per heavy atom. The maximum absolute atomic E-state index is 14.5. The van der Waals surface area contributed by atoms with Crippen molar-refractivity contribution < 1.29 is 32.5 Å². The first-order valence-corrected chi connectivity index (χ1v) is 14.0. The van der Waals surface area contributed by atoms with Crippen molar-refractivity contribution in [2.75, 3.05) is 6.61 Å². The lowest BCUT2D eigenvalue weighted by molar-refractivity contribution is -0.225. The predicted octanol–water partition coefficient (Wildman–Crippen LogP) is 7.47. The van der Waals surface area contributed by atoms with E-state index in [1.165, 1.54) is 0 Å². The van der Waals surface area contributed by atoms with Gasteiger partial charge in [-0.15, -0.1) is 0 Å². The third kappa shape index (κ3) is 8.33. The van der Waals surface area contributed by atoms with E-state index >= 15 is 0 Å². The van der Waals surface area contributed by atoms with Crippen molar-refractivity contribution in [1.82, 2.24) is 0 Å². The summed E-state index contributed by atoms with van der Waals surface area (Å²) in [6.45, 7) is 0.824. The monoisotopic (exact) mass is 572 g/mol. The Morgan fingerprint density at radius 2 is 0.929 bits per heavy atom. The fraction of sp³-hybridized carbons (Fsp3) is 0.257. The van der Waals surface area contributed by atoms with E-state index in [0.29, 0.717) is 6.61 Å². The lowest BCUT2D eigenvalue weighted by Crippen LogP contribution is -2.56. The molecule has 1 saturated heterocycles. The molecule has 42 heavy (non-hydrogen) atoms. The van der Waals surface area contributed by atoms with Gasteiger partial charge in [-0.25, -0.2) is 0 Å². The first-order valence-electron chi connectivity index (χ1n) is 14.0. The summed E-state index contributed by atoms with van der Waals surface area (Å²) in [6.07, 6.45) is -5.71. The van der Waals surface area contributed by atoms with E-state index < -0.39 is 36.3 Å². The van der Waals surface area contributed by atoms with Gasteiger partial charge in [0.15, 0.2) is 11.9 Å². The minimum Gasteiger partial charge on any atom is -0.481 e. The minimum absolute atomic E-state index is 0.0156. The summed E-state index contributed by atoms with van der Waals surface area (Å²) in [5.41, 5.74) is 3.63. The molecule has 0 amide bonds. The second kappa shape index (κ2) is 15.4. The highest BCUT2D eigenvalue weighted by Gasteiger charge is 2.48. The molecule has 0 radical (unpaired) electrons. The van der Waals surface area contributed by atoms with Crippen molar-refractivity contribution in [2.45, 2.75) is 50.8 Å². The van der Waals surface area contributed by atoms with Gasteiger partial charge in [0.1, 0.15) is 18.3 Å². The first-order chi connectivity index (χ1) is 20.7. The van der Waals surface area contributed by atoms with Gasteiger partial charge in [0.05, 0.1) is 33.0 Å². The summed E-state index contributed by atoms with van der Waals surface area (Å²) in [5, 5.41) is 0. The fourth-order valence-corrected chi connectivity index (χ4v) is 4.83. The molecule has 0 unspecified atom stereocenters. The predicted molar refractivity (Wildman–Crippen MR) is 155 cm³/mol. The van der Waals surface area contributed by atoms with Crippen LogP contribution < -0.4 is 0 Å². The van der Waals surface area contributed by atoms with Crippen LogP contribution in [0.5, 0.6) is 0 Å². The number of hydrogen-bond acceptors (Lipinski definition) is 5. The van der Waals surface area contributed by atoms with E-state index in [1.54, 1.807) is 0 Å². The second-order valence-corrected chi connectivity index (χ2v) is 10.0. The van der Waals surface area contributed by atoms with Crippen molar-refractivity contribution in [1.29, 1.82) is 0 Å². The Kier molecular flexibility index (Phi) is 10.8. The van der Waals surface area contributed by atoms with Gasteiger partial charge in [-0.1, -0.05) is 121 Å². The van der Waals surface area contributed by atoms with Gasteiger partial charge in [0, 0.05) is 0 Å². The molecule has 0 aromatic heterocycles. The maximum Gasteiger partial charge on any atom is 0.310 e. The topological polar surface area (TPSA) is 46.2 Å². The molecule has 0 spiro atoms. The Morgan fingerprint density at radius 3 is 1.38 bits per heavy atom. The van der Waals surface area contributed by atoms with E-state index in [2.05, 4.69) is 0 Å². The van der Waals surface area contributed by atoms with Crippen LogP contribution in [-0.2, 0) is 50.1 Å². The molecule has 218 valence electrons. The summed E-state index contributed by atoms with van der Waals surface area (Å²) in [7, 11) is 0. The number of benzene rings is 4.